The van der Waals surface area contributed by atoms with Crippen LogP contribution in [0.3, 0.4) is 0 Å². The number of benzene rings is 2. The number of hydrogen-bond acceptors (Lipinski definition) is 2. The summed E-state index contributed by atoms with van der Waals surface area (Å²) in [6.07, 6.45) is 16.8. The highest BCUT2D eigenvalue weighted by molar-refractivity contribution is 5.72. The maximum atomic E-state index is 12.8. The van der Waals surface area contributed by atoms with Gasteiger partial charge in [0.1, 0.15) is 6.10 Å². The fourth-order valence-corrected chi connectivity index (χ4v) is 6.14. The second-order valence-electron chi connectivity index (χ2n) is 11.0. The highest BCUT2D eigenvalue weighted by Gasteiger charge is 2.31. The van der Waals surface area contributed by atoms with Gasteiger partial charge in [-0.15, -0.1) is 0 Å². The van der Waals surface area contributed by atoms with Gasteiger partial charge in [-0.3, -0.25) is 4.79 Å². The summed E-state index contributed by atoms with van der Waals surface area (Å²) in [5.41, 5.74) is 4.24. The average Bonchev–Trinajstić information content (AvgIpc) is 2.91. The maximum Gasteiger partial charge on any atom is 0.309 e. The molecule has 2 aromatic rings. The van der Waals surface area contributed by atoms with Gasteiger partial charge in [-0.1, -0.05) is 73.7 Å². The minimum atomic E-state index is 0.0751. The fourth-order valence-electron chi connectivity index (χ4n) is 6.14. The molecule has 0 amide bonds. The van der Waals surface area contributed by atoms with Gasteiger partial charge in [0.15, 0.2) is 0 Å². The lowest BCUT2D eigenvalue weighted by Gasteiger charge is -2.31. The third-order valence-electron chi connectivity index (χ3n) is 8.48. The lowest BCUT2D eigenvalue weighted by molar-refractivity contribution is -0.157. The van der Waals surface area contributed by atoms with Crippen molar-refractivity contribution in [2.45, 2.75) is 102 Å². The largest absolute Gasteiger partial charge is 0.462 e. The summed E-state index contributed by atoms with van der Waals surface area (Å²) in [5.74, 6) is 2.09. The summed E-state index contributed by atoms with van der Waals surface area (Å²) in [7, 11) is 0. The van der Waals surface area contributed by atoms with Crippen molar-refractivity contribution in [2.75, 3.05) is 0 Å². The minimum Gasteiger partial charge on any atom is -0.462 e. The summed E-state index contributed by atoms with van der Waals surface area (Å²) < 4.78 is 5.98. The lowest BCUT2D eigenvalue weighted by atomic mass is 9.78. The van der Waals surface area contributed by atoms with Crippen molar-refractivity contribution in [1.82, 2.24) is 0 Å². The number of carbonyl (C=O) groups excluding carboxylic acids is 1. The van der Waals surface area contributed by atoms with Gasteiger partial charge in [-0.05, 0) is 112 Å². The lowest BCUT2D eigenvalue weighted by Crippen LogP contribution is -2.29. The van der Waals surface area contributed by atoms with Gasteiger partial charge in [0.05, 0.1) is 5.92 Å². The molecule has 2 nitrogen and oxygen atoms in total. The number of carbonyl (C=O) groups is 1. The maximum absolute atomic E-state index is 12.8. The summed E-state index contributed by atoms with van der Waals surface area (Å²) in [6, 6.07) is 20.0. The van der Waals surface area contributed by atoms with Crippen LogP contribution in [0, 0.1) is 11.8 Å². The molecule has 0 aliphatic heterocycles. The molecule has 2 aliphatic rings. The molecular weight excluding hydrogens is 428 g/mol. The highest BCUT2D eigenvalue weighted by Crippen LogP contribution is 2.37. The molecular formula is C33H44O2. The monoisotopic (exact) mass is 472 g/mol. The van der Waals surface area contributed by atoms with E-state index in [1.165, 1.54) is 42.4 Å². The molecule has 2 saturated carbocycles. The fraction of sp³-hybridized carbons (Fsp3) is 0.545. The molecule has 0 heterocycles. The predicted octanol–water partition coefficient (Wildman–Crippen LogP) is 8.76. The summed E-state index contributed by atoms with van der Waals surface area (Å²) in [6.45, 7) is 4.40. The van der Waals surface area contributed by atoms with E-state index >= 15 is 0 Å². The molecule has 0 bridgehead atoms. The van der Waals surface area contributed by atoms with Crippen LogP contribution in [0.1, 0.15) is 107 Å². The van der Waals surface area contributed by atoms with E-state index in [1.807, 2.05) is 0 Å². The number of rotatable bonds is 9. The molecule has 2 fully saturated rings. The van der Waals surface area contributed by atoms with Gasteiger partial charge in [-0.25, -0.2) is 0 Å². The van der Waals surface area contributed by atoms with Crippen LogP contribution in [0.15, 0.2) is 66.7 Å². The number of hydrogen-bond donors (Lipinski definition) is 0. The first-order valence-electron chi connectivity index (χ1n) is 14.1. The Morgan fingerprint density at radius 1 is 0.914 bits per heavy atom. The zero-order valence-corrected chi connectivity index (χ0v) is 21.8. The first-order valence-corrected chi connectivity index (χ1v) is 14.1. The molecule has 0 aromatic heterocycles. The van der Waals surface area contributed by atoms with E-state index < -0.39 is 0 Å². The Morgan fingerprint density at radius 2 is 1.60 bits per heavy atom. The third-order valence-corrected chi connectivity index (χ3v) is 8.48. The quantitative estimate of drug-likeness (QED) is 0.269. The zero-order chi connectivity index (χ0) is 24.5. The van der Waals surface area contributed by atoms with Gasteiger partial charge < -0.3 is 4.74 Å². The Kier molecular flexibility index (Phi) is 9.63. The SMILES string of the molecule is C/C=C/CCC1CCC(OC(=O)C2CCC(c3ccc(C[C@@H](C)c4ccccc4)cc3)CC2)CC1. The summed E-state index contributed by atoms with van der Waals surface area (Å²) in [4.78, 5) is 12.8. The van der Waals surface area contributed by atoms with E-state index in [-0.39, 0.29) is 18.0 Å². The molecule has 2 heteroatoms. The number of allylic oxidation sites excluding steroid dienone is 2. The van der Waals surface area contributed by atoms with Crippen molar-refractivity contribution < 1.29 is 9.53 Å². The summed E-state index contributed by atoms with van der Waals surface area (Å²) >= 11 is 0. The molecule has 2 aliphatic carbocycles. The molecule has 0 unspecified atom stereocenters. The summed E-state index contributed by atoms with van der Waals surface area (Å²) in [5, 5.41) is 0. The van der Waals surface area contributed by atoms with Crippen LogP contribution in [-0.2, 0) is 16.0 Å². The van der Waals surface area contributed by atoms with Crippen molar-refractivity contribution in [2.24, 2.45) is 11.8 Å². The van der Waals surface area contributed by atoms with Crippen LogP contribution in [0.5, 0.6) is 0 Å². The number of ether oxygens (including phenoxy) is 1. The van der Waals surface area contributed by atoms with Crippen LogP contribution < -0.4 is 0 Å². The standard InChI is InChI=1S/C33H44O2/c1-3-4-6-9-26-14-22-32(23-15-26)35-33(34)31-20-18-30(19-21-31)29-16-12-27(13-17-29)24-25(2)28-10-7-5-8-11-28/h3-5,7-8,10-13,16-17,25-26,30-32H,6,9,14-15,18-24H2,1-2H3/b4-3+/t25-,26?,30?,31?,32?/m1/s1. The molecule has 0 saturated heterocycles. The first-order chi connectivity index (χ1) is 17.1. The molecule has 188 valence electrons. The zero-order valence-electron chi connectivity index (χ0n) is 21.8. The van der Waals surface area contributed by atoms with Crippen molar-refractivity contribution in [3.05, 3.63) is 83.4 Å². The number of esters is 1. The van der Waals surface area contributed by atoms with Gasteiger partial charge >= 0.3 is 5.97 Å². The Balaban J connectivity index is 1.18. The highest BCUT2D eigenvalue weighted by atomic mass is 16.5. The van der Waals surface area contributed by atoms with Gasteiger partial charge in [0.2, 0.25) is 0 Å². The molecule has 4 rings (SSSR count). The second-order valence-corrected chi connectivity index (χ2v) is 11.0. The van der Waals surface area contributed by atoms with Crippen molar-refractivity contribution in [3.63, 3.8) is 0 Å². The molecule has 35 heavy (non-hydrogen) atoms. The van der Waals surface area contributed by atoms with Gasteiger partial charge in [-0.2, -0.15) is 0 Å². The van der Waals surface area contributed by atoms with Crippen molar-refractivity contribution >= 4 is 5.97 Å². The van der Waals surface area contributed by atoms with Gasteiger partial charge in [0, 0.05) is 0 Å². The van der Waals surface area contributed by atoms with Crippen LogP contribution in [0.25, 0.3) is 0 Å². The van der Waals surface area contributed by atoms with E-state index in [1.54, 1.807) is 0 Å². The van der Waals surface area contributed by atoms with Crippen LogP contribution in [-0.4, -0.2) is 12.1 Å². The predicted molar refractivity (Wildman–Crippen MR) is 146 cm³/mol. The Labute approximate surface area is 213 Å². The smallest absolute Gasteiger partial charge is 0.309 e. The third kappa shape index (κ3) is 7.56. The average molecular weight is 473 g/mol. The van der Waals surface area contributed by atoms with E-state index in [9.17, 15) is 4.79 Å². The van der Waals surface area contributed by atoms with Crippen molar-refractivity contribution in [3.8, 4) is 0 Å². The Morgan fingerprint density at radius 3 is 2.26 bits per heavy atom. The van der Waals surface area contributed by atoms with E-state index in [2.05, 4.69) is 80.6 Å². The van der Waals surface area contributed by atoms with E-state index in [4.69, 9.17) is 4.74 Å². The van der Waals surface area contributed by atoms with Crippen LogP contribution in [0.2, 0.25) is 0 Å². The molecule has 2 aromatic carbocycles. The van der Waals surface area contributed by atoms with Crippen LogP contribution >= 0.6 is 0 Å². The molecule has 1 atom stereocenters. The molecule has 0 spiro atoms. The normalized spacial score (nSPS) is 25.9. The van der Waals surface area contributed by atoms with E-state index in [0.29, 0.717) is 11.8 Å². The van der Waals surface area contributed by atoms with Gasteiger partial charge in [0.25, 0.3) is 0 Å². The Hall–Kier alpha value is -2.35. The van der Waals surface area contributed by atoms with Crippen LogP contribution in [0.4, 0.5) is 0 Å². The Bertz CT molecular complexity index is 913. The topological polar surface area (TPSA) is 26.3 Å². The minimum absolute atomic E-state index is 0.0751. The van der Waals surface area contributed by atoms with E-state index in [0.717, 1.165) is 50.9 Å². The first kappa shape index (κ1) is 25.7. The van der Waals surface area contributed by atoms with Crippen molar-refractivity contribution in [1.29, 1.82) is 0 Å². The molecule has 0 N–H and O–H groups in total. The second kappa shape index (κ2) is 13.1. The molecule has 0 radical (unpaired) electrons.